The molecule has 19 heavy (non-hydrogen) atoms. The van der Waals surface area contributed by atoms with Crippen LogP contribution in [0.2, 0.25) is 5.02 Å². The normalized spacial score (nSPS) is 23.2. The molecule has 2 unspecified atom stereocenters. The minimum atomic E-state index is -0.116. The number of halogens is 1. The zero-order valence-corrected chi connectivity index (χ0v) is 11.9. The van der Waals surface area contributed by atoms with Crippen molar-refractivity contribution in [1.29, 1.82) is 0 Å². The molecule has 2 amide bonds. The van der Waals surface area contributed by atoms with E-state index >= 15 is 0 Å². The number of nitrogens with two attached hydrogens (primary N) is 1. The van der Waals surface area contributed by atoms with Gasteiger partial charge in [-0.05, 0) is 30.9 Å². The number of hydrogen-bond acceptors (Lipinski definition) is 2. The van der Waals surface area contributed by atoms with E-state index in [1.54, 1.807) is 12.1 Å². The van der Waals surface area contributed by atoms with E-state index in [0.717, 1.165) is 19.4 Å². The van der Waals surface area contributed by atoms with Crippen LogP contribution in [0.3, 0.4) is 0 Å². The summed E-state index contributed by atoms with van der Waals surface area (Å²) in [5.74, 6) is 0.441. The lowest BCUT2D eigenvalue weighted by atomic mass is 9.91. The Morgan fingerprint density at radius 2 is 2.26 bits per heavy atom. The number of amides is 2. The van der Waals surface area contributed by atoms with Crippen molar-refractivity contribution < 1.29 is 4.79 Å². The lowest BCUT2D eigenvalue weighted by molar-refractivity contribution is 0.133. The molecule has 1 aliphatic rings. The molecule has 104 valence electrons. The standard InChI is InChI=1S/C14H20ClN3O/c1-10-5-4-8-18(13(10)9-16)14(19)17-12-7-3-2-6-11(12)15/h2-3,6-7,10,13H,4-5,8-9,16H2,1H3,(H,17,19). The van der Waals surface area contributed by atoms with Crippen LogP contribution in [0.5, 0.6) is 0 Å². The van der Waals surface area contributed by atoms with Gasteiger partial charge in [-0.15, -0.1) is 0 Å². The fraction of sp³-hybridized carbons (Fsp3) is 0.500. The monoisotopic (exact) mass is 281 g/mol. The van der Waals surface area contributed by atoms with Crippen LogP contribution in [0, 0.1) is 5.92 Å². The number of urea groups is 1. The van der Waals surface area contributed by atoms with Crippen LogP contribution in [0.15, 0.2) is 24.3 Å². The van der Waals surface area contributed by atoms with E-state index in [2.05, 4.69) is 12.2 Å². The van der Waals surface area contributed by atoms with Gasteiger partial charge in [0, 0.05) is 19.1 Å². The zero-order valence-electron chi connectivity index (χ0n) is 11.1. The minimum Gasteiger partial charge on any atom is -0.328 e. The summed E-state index contributed by atoms with van der Waals surface area (Å²) in [5.41, 5.74) is 6.44. The third-order valence-corrected chi connectivity index (χ3v) is 4.06. The average molecular weight is 282 g/mol. The molecule has 0 aliphatic carbocycles. The van der Waals surface area contributed by atoms with Crippen molar-refractivity contribution in [2.45, 2.75) is 25.8 Å². The Hall–Kier alpha value is -1.26. The first-order chi connectivity index (χ1) is 9.13. The number of likely N-dealkylation sites (tertiary alicyclic amines) is 1. The van der Waals surface area contributed by atoms with Crippen LogP contribution in [0.4, 0.5) is 10.5 Å². The second kappa shape index (κ2) is 6.26. The predicted molar refractivity (Wildman–Crippen MR) is 78.4 cm³/mol. The fourth-order valence-electron chi connectivity index (χ4n) is 2.61. The number of rotatable bonds is 2. The number of piperidine rings is 1. The molecule has 1 fully saturated rings. The summed E-state index contributed by atoms with van der Waals surface area (Å²) in [7, 11) is 0. The third kappa shape index (κ3) is 3.19. The molecule has 0 spiro atoms. The number of para-hydroxylation sites is 1. The maximum absolute atomic E-state index is 12.3. The Morgan fingerprint density at radius 1 is 1.53 bits per heavy atom. The highest BCUT2D eigenvalue weighted by Gasteiger charge is 2.30. The van der Waals surface area contributed by atoms with Crippen LogP contribution in [0.25, 0.3) is 0 Å². The van der Waals surface area contributed by atoms with Gasteiger partial charge in [-0.3, -0.25) is 0 Å². The molecule has 0 saturated carbocycles. The molecule has 3 N–H and O–H groups in total. The number of carbonyl (C=O) groups excluding carboxylic acids is 1. The number of carbonyl (C=O) groups is 1. The van der Waals surface area contributed by atoms with Crippen molar-refractivity contribution in [3.8, 4) is 0 Å². The molecular formula is C14H20ClN3O. The van der Waals surface area contributed by atoms with E-state index in [9.17, 15) is 4.79 Å². The highest BCUT2D eigenvalue weighted by molar-refractivity contribution is 6.33. The average Bonchev–Trinajstić information content (AvgIpc) is 2.41. The molecule has 1 aromatic carbocycles. The van der Waals surface area contributed by atoms with Crippen LogP contribution in [-0.2, 0) is 0 Å². The van der Waals surface area contributed by atoms with E-state index in [1.807, 2.05) is 17.0 Å². The minimum absolute atomic E-state index is 0.108. The molecule has 0 bridgehead atoms. The van der Waals surface area contributed by atoms with Crippen molar-refractivity contribution >= 4 is 23.3 Å². The Morgan fingerprint density at radius 3 is 2.95 bits per heavy atom. The highest BCUT2D eigenvalue weighted by Crippen LogP contribution is 2.25. The van der Waals surface area contributed by atoms with E-state index in [0.29, 0.717) is 23.2 Å². The largest absolute Gasteiger partial charge is 0.328 e. The summed E-state index contributed by atoms with van der Waals surface area (Å²) in [6, 6.07) is 7.23. The van der Waals surface area contributed by atoms with Crippen LogP contribution in [0.1, 0.15) is 19.8 Å². The highest BCUT2D eigenvalue weighted by atomic mass is 35.5. The van der Waals surface area contributed by atoms with Crippen molar-refractivity contribution in [3.05, 3.63) is 29.3 Å². The van der Waals surface area contributed by atoms with Gasteiger partial charge in [0.05, 0.1) is 10.7 Å². The molecule has 1 aliphatic heterocycles. The summed E-state index contributed by atoms with van der Waals surface area (Å²) in [6.45, 7) is 3.39. The molecule has 2 rings (SSSR count). The molecule has 0 aromatic heterocycles. The maximum Gasteiger partial charge on any atom is 0.322 e. The van der Waals surface area contributed by atoms with Gasteiger partial charge >= 0.3 is 6.03 Å². The molecular weight excluding hydrogens is 262 g/mol. The summed E-state index contributed by atoms with van der Waals surface area (Å²) in [4.78, 5) is 14.2. The first-order valence-corrected chi connectivity index (χ1v) is 7.03. The van der Waals surface area contributed by atoms with E-state index < -0.39 is 0 Å². The smallest absolute Gasteiger partial charge is 0.322 e. The van der Waals surface area contributed by atoms with Gasteiger partial charge in [-0.1, -0.05) is 30.7 Å². The zero-order chi connectivity index (χ0) is 13.8. The Balaban J connectivity index is 2.08. The van der Waals surface area contributed by atoms with E-state index in [4.69, 9.17) is 17.3 Å². The van der Waals surface area contributed by atoms with E-state index in [-0.39, 0.29) is 12.1 Å². The summed E-state index contributed by atoms with van der Waals surface area (Å²) >= 11 is 6.05. The molecule has 0 radical (unpaired) electrons. The van der Waals surface area contributed by atoms with Crippen LogP contribution < -0.4 is 11.1 Å². The number of nitrogens with zero attached hydrogens (tertiary/aromatic N) is 1. The Kier molecular flexibility index (Phi) is 4.66. The van der Waals surface area contributed by atoms with Gasteiger partial charge in [0.1, 0.15) is 0 Å². The molecule has 4 nitrogen and oxygen atoms in total. The van der Waals surface area contributed by atoms with Gasteiger partial charge in [0.25, 0.3) is 0 Å². The fourth-order valence-corrected chi connectivity index (χ4v) is 2.79. The van der Waals surface area contributed by atoms with E-state index in [1.165, 1.54) is 0 Å². The number of nitrogens with one attached hydrogen (secondary N) is 1. The second-order valence-electron chi connectivity index (χ2n) is 5.03. The quantitative estimate of drug-likeness (QED) is 0.876. The van der Waals surface area contributed by atoms with Gasteiger partial charge < -0.3 is 16.0 Å². The van der Waals surface area contributed by atoms with Crippen LogP contribution >= 0.6 is 11.6 Å². The lowest BCUT2D eigenvalue weighted by Crippen LogP contribution is -2.52. The van der Waals surface area contributed by atoms with Crippen molar-refractivity contribution in [3.63, 3.8) is 0 Å². The molecule has 5 heteroatoms. The van der Waals surface area contributed by atoms with Gasteiger partial charge in [-0.25, -0.2) is 4.79 Å². The Labute approximate surface area is 118 Å². The number of anilines is 1. The van der Waals surface area contributed by atoms with Crippen molar-refractivity contribution in [1.82, 2.24) is 4.90 Å². The van der Waals surface area contributed by atoms with Crippen molar-refractivity contribution in [2.24, 2.45) is 11.7 Å². The third-order valence-electron chi connectivity index (χ3n) is 3.73. The Bertz CT molecular complexity index is 452. The first-order valence-electron chi connectivity index (χ1n) is 6.65. The summed E-state index contributed by atoms with van der Waals surface area (Å²) in [6.07, 6.45) is 2.14. The summed E-state index contributed by atoms with van der Waals surface area (Å²) < 4.78 is 0. The molecule has 1 heterocycles. The SMILES string of the molecule is CC1CCCN(C(=O)Nc2ccccc2Cl)C1CN. The predicted octanol–water partition coefficient (Wildman–Crippen LogP) is 2.93. The van der Waals surface area contributed by atoms with Gasteiger partial charge in [0.2, 0.25) is 0 Å². The van der Waals surface area contributed by atoms with Crippen molar-refractivity contribution in [2.75, 3.05) is 18.4 Å². The number of hydrogen-bond donors (Lipinski definition) is 2. The van der Waals surface area contributed by atoms with Crippen LogP contribution in [-0.4, -0.2) is 30.1 Å². The second-order valence-corrected chi connectivity index (χ2v) is 5.43. The summed E-state index contributed by atoms with van der Waals surface area (Å²) in [5, 5.41) is 3.41. The lowest BCUT2D eigenvalue weighted by Gasteiger charge is -2.39. The maximum atomic E-state index is 12.3. The topological polar surface area (TPSA) is 58.4 Å². The molecule has 1 aromatic rings. The number of benzene rings is 1. The first kappa shape index (κ1) is 14.2. The molecule has 2 atom stereocenters. The molecule has 1 saturated heterocycles. The van der Waals surface area contributed by atoms with Gasteiger partial charge in [0.15, 0.2) is 0 Å². The van der Waals surface area contributed by atoms with Gasteiger partial charge in [-0.2, -0.15) is 0 Å².